The number of halogens is 2. The second-order valence-corrected chi connectivity index (χ2v) is 5.70. The van der Waals surface area contributed by atoms with Gasteiger partial charge in [-0.25, -0.2) is 9.37 Å². The molecule has 136 valence electrons. The summed E-state index contributed by atoms with van der Waals surface area (Å²) in [4.78, 5) is 16.5. The fourth-order valence-electron chi connectivity index (χ4n) is 2.60. The van der Waals surface area contributed by atoms with Crippen molar-refractivity contribution in [2.24, 2.45) is 0 Å². The minimum absolute atomic E-state index is 0. The Bertz CT molecular complexity index is 693. The predicted molar refractivity (Wildman–Crippen MR) is 93.1 cm³/mol. The first kappa shape index (κ1) is 19.4. The molecule has 25 heavy (non-hydrogen) atoms. The van der Waals surface area contributed by atoms with Crippen molar-refractivity contribution in [3.05, 3.63) is 42.0 Å². The average molecular weight is 370 g/mol. The Morgan fingerprint density at radius 3 is 2.88 bits per heavy atom. The van der Waals surface area contributed by atoms with E-state index in [2.05, 4.69) is 15.6 Å². The van der Waals surface area contributed by atoms with Crippen molar-refractivity contribution in [3.8, 4) is 11.5 Å². The van der Waals surface area contributed by atoms with Crippen LogP contribution in [0.3, 0.4) is 0 Å². The zero-order valence-corrected chi connectivity index (χ0v) is 14.6. The molecular formula is C17H21ClFN3O3. The molecule has 1 amide bonds. The van der Waals surface area contributed by atoms with Crippen molar-refractivity contribution in [2.75, 3.05) is 19.7 Å². The van der Waals surface area contributed by atoms with Crippen LogP contribution in [-0.4, -0.2) is 42.7 Å². The van der Waals surface area contributed by atoms with Crippen LogP contribution in [-0.2, 0) is 16.0 Å². The van der Waals surface area contributed by atoms with Crippen LogP contribution in [0, 0.1) is 5.82 Å². The lowest BCUT2D eigenvalue weighted by Gasteiger charge is -2.29. The lowest BCUT2D eigenvalue weighted by Crippen LogP contribution is -2.55. The second-order valence-electron chi connectivity index (χ2n) is 5.70. The van der Waals surface area contributed by atoms with Crippen LogP contribution < -0.4 is 10.6 Å². The van der Waals surface area contributed by atoms with E-state index in [4.69, 9.17) is 9.15 Å². The normalized spacial score (nSPS) is 19.9. The van der Waals surface area contributed by atoms with Gasteiger partial charge in [0.2, 0.25) is 11.8 Å². The molecule has 1 aromatic carbocycles. The van der Waals surface area contributed by atoms with Gasteiger partial charge in [0.1, 0.15) is 18.1 Å². The number of nitrogens with one attached hydrogen (secondary N) is 2. The standard InChI is InChI=1S/C17H20FN3O3.ClH/c1-11-15(19-8-9-23-11)16(22)20-7-6-14-10-24-17(21-14)12-2-4-13(18)5-3-12;/h2-5,10-11,15,19H,6-9H2,1H3,(H,20,22);1H/t11-,15+;/m1./s1. The molecule has 1 aliphatic heterocycles. The predicted octanol–water partition coefficient (Wildman–Crippen LogP) is 1.94. The smallest absolute Gasteiger partial charge is 0.239 e. The van der Waals surface area contributed by atoms with Gasteiger partial charge in [-0.1, -0.05) is 0 Å². The maximum atomic E-state index is 12.9. The number of hydrogen-bond acceptors (Lipinski definition) is 5. The first-order valence-corrected chi connectivity index (χ1v) is 7.96. The molecule has 0 unspecified atom stereocenters. The highest BCUT2D eigenvalue weighted by Crippen LogP contribution is 2.19. The number of carbonyl (C=O) groups is 1. The number of rotatable bonds is 5. The van der Waals surface area contributed by atoms with Gasteiger partial charge in [-0.2, -0.15) is 0 Å². The first-order valence-electron chi connectivity index (χ1n) is 7.96. The van der Waals surface area contributed by atoms with Crippen LogP contribution in [0.4, 0.5) is 4.39 Å². The summed E-state index contributed by atoms with van der Waals surface area (Å²) in [6.45, 7) is 3.63. The van der Waals surface area contributed by atoms with E-state index in [1.165, 1.54) is 12.1 Å². The van der Waals surface area contributed by atoms with E-state index in [1.54, 1.807) is 18.4 Å². The number of aromatic nitrogens is 1. The van der Waals surface area contributed by atoms with Gasteiger partial charge in [-0.15, -0.1) is 12.4 Å². The molecule has 6 nitrogen and oxygen atoms in total. The van der Waals surface area contributed by atoms with Gasteiger partial charge in [0.15, 0.2) is 0 Å². The van der Waals surface area contributed by atoms with Crippen LogP contribution in [0.2, 0.25) is 0 Å². The largest absolute Gasteiger partial charge is 0.444 e. The summed E-state index contributed by atoms with van der Waals surface area (Å²) in [5.41, 5.74) is 1.44. The van der Waals surface area contributed by atoms with E-state index in [0.717, 1.165) is 5.69 Å². The number of morpholine rings is 1. The molecule has 1 aliphatic rings. The fourth-order valence-corrected chi connectivity index (χ4v) is 2.60. The highest BCUT2D eigenvalue weighted by atomic mass is 35.5. The maximum Gasteiger partial charge on any atom is 0.239 e. The van der Waals surface area contributed by atoms with Gasteiger partial charge in [0, 0.05) is 25.1 Å². The van der Waals surface area contributed by atoms with Gasteiger partial charge in [0.05, 0.1) is 18.4 Å². The number of nitrogens with zero attached hydrogens (tertiary/aromatic N) is 1. The van der Waals surface area contributed by atoms with Gasteiger partial charge in [0.25, 0.3) is 0 Å². The first-order chi connectivity index (χ1) is 11.6. The molecule has 0 aliphatic carbocycles. The van der Waals surface area contributed by atoms with Gasteiger partial charge >= 0.3 is 0 Å². The minimum atomic E-state index is -0.328. The molecule has 2 atom stereocenters. The Morgan fingerprint density at radius 2 is 2.16 bits per heavy atom. The number of amides is 1. The van der Waals surface area contributed by atoms with Crippen LogP contribution in [0.5, 0.6) is 0 Å². The van der Waals surface area contributed by atoms with E-state index in [9.17, 15) is 9.18 Å². The van der Waals surface area contributed by atoms with Crippen molar-refractivity contribution in [1.82, 2.24) is 15.6 Å². The molecule has 1 saturated heterocycles. The average Bonchev–Trinajstić information content (AvgIpc) is 3.04. The number of carbonyl (C=O) groups excluding carboxylic acids is 1. The van der Waals surface area contributed by atoms with E-state index in [-0.39, 0.29) is 36.3 Å². The summed E-state index contributed by atoms with van der Waals surface area (Å²) in [6.07, 6.45) is 1.96. The molecule has 1 fully saturated rings. The number of benzene rings is 1. The Kier molecular flexibility index (Phi) is 6.92. The van der Waals surface area contributed by atoms with Crippen molar-refractivity contribution < 1.29 is 18.3 Å². The van der Waals surface area contributed by atoms with Crippen molar-refractivity contribution in [1.29, 1.82) is 0 Å². The number of ether oxygens (including phenoxy) is 1. The third-order valence-electron chi connectivity index (χ3n) is 3.92. The summed E-state index contributed by atoms with van der Waals surface area (Å²) in [5, 5.41) is 6.02. The number of hydrogen-bond donors (Lipinski definition) is 2. The van der Waals surface area contributed by atoms with E-state index in [0.29, 0.717) is 37.6 Å². The van der Waals surface area contributed by atoms with E-state index < -0.39 is 0 Å². The highest BCUT2D eigenvalue weighted by molar-refractivity contribution is 5.85. The molecule has 0 radical (unpaired) electrons. The molecule has 8 heteroatoms. The maximum absolute atomic E-state index is 12.9. The zero-order valence-electron chi connectivity index (χ0n) is 13.8. The van der Waals surface area contributed by atoms with Crippen LogP contribution >= 0.6 is 12.4 Å². The molecule has 2 heterocycles. The topological polar surface area (TPSA) is 76.4 Å². The van der Waals surface area contributed by atoms with Crippen LogP contribution in [0.25, 0.3) is 11.5 Å². The highest BCUT2D eigenvalue weighted by Gasteiger charge is 2.27. The molecular weight excluding hydrogens is 349 g/mol. The molecule has 2 aromatic rings. The monoisotopic (exact) mass is 369 g/mol. The van der Waals surface area contributed by atoms with Crippen LogP contribution in [0.15, 0.2) is 34.9 Å². The van der Waals surface area contributed by atoms with Gasteiger partial charge < -0.3 is 19.8 Å². The third-order valence-corrected chi connectivity index (χ3v) is 3.92. The summed E-state index contributed by atoms with van der Waals surface area (Å²) >= 11 is 0. The van der Waals surface area contributed by atoms with Crippen molar-refractivity contribution >= 4 is 18.3 Å². The Balaban J connectivity index is 0.00000225. The number of oxazole rings is 1. The molecule has 0 saturated carbocycles. The molecule has 0 spiro atoms. The summed E-state index contributed by atoms with van der Waals surface area (Å²) in [7, 11) is 0. The zero-order chi connectivity index (χ0) is 16.9. The van der Waals surface area contributed by atoms with E-state index >= 15 is 0 Å². The van der Waals surface area contributed by atoms with Gasteiger partial charge in [-0.3, -0.25) is 4.79 Å². The summed E-state index contributed by atoms with van der Waals surface area (Å²) < 4.78 is 23.8. The Morgan fingerprint density at radius 1 is 1.40 bits per heavy atom. The Labute approximate surface area is 151 Å². The Hall–Kier alpha value is -1.96. The fraction of sp³-hybridized carbons (Fsp3) is 0.412. The molecule has 0 bridgehead atoms. The minimum Gasteiger partial charge on any atom is -0.444 e. The van der Waals surface area contributed by atoms with Crippen molar-refractivity contribution in [3.63, 3.8) is 0 Å². The lowest BCUT2D eigenvalue weighted by atomic mass is 10.1. The van der Waals surface area contributed by atoms with Crippen molar-refractivity contribution in [2.45, 2.75) is 25.5 Å². The summed E-state index contributed by atoms with van der Waals surface area (Å²) in [6, 6.07) is 5.62. The third kappa shape index (κ3) is 5.01. The molecule has 2 N–H and O–H groups in total. The van der Waals surface area contributed by atoms with Gasteiger partial charge in [-0.05, 0) is 31.2 Å². The second kappa shape index (κ2) is 8.94. The quantitative estimate of drug-likeness (QED) is 0.842. The lowest BCUT2D eigenvalue weighted by molar-refractivity contribution is -0.128. The summed E-state index contributed by atoms with van der Waals surface area (Å²) in [5.74, 6) is 0.0551. The van der Waals surface area contributed by atoms with Crippen LogP contribution in [0.1, 0.15) is 12.6 Å². The SMILES string of the molecule is C[C@H]1OCCN[C@@H]1C(=O)NCCc1coc(-c2ccc(F)cc2)n1.Cl. The molecule has 3 rings (SSSR count). The van der Waals surface area contributed by atoms with E-state index in [1.807, 2.05) is 6.92 Å². The molecule has 1 aromatic heterocycles.